The molecule has 2 aromatic rings. The van der Waals surface area contributed by atoms with E-state index in [-0.39, 0.29) is 5.91 Å². The third kappa shape index (κ3) is 4.60. The zero-order valence-corrected chi connectivity index (χ0v) is 13.0. The van der Waals surface area contributed by atoms with Gasteiger partial charge in [-0.1, -0.05) is 43.3 Å². The molecule has 1 unspecified atom stereocenters. The van der Waals surface area contributed by atoms with E-state index in [1.54, 1.807) is 6.92 Å². The molecule has 0 aliphatic heterocycles. The minimum absolute atomic E-state index is 0.159. The molecule has 0 aromatic heterocycles. The number of rotatable bonds is 7. The van der Waals surface area contributed by atoms with E-state index in [1.807, 2.05) is 54.6 Å². The van der Waals surface area contributed by atoms with Gasteiger partial charge < -0.3 is 15.4 Å². The van der Waals surface area contributed by atoms with Crippen molar-refractivity contribution in [3.63, 3.8) is 0 Å². The van der Waals surface area contributed by atoms with E-state index in [1.165, 1.54) is 0 Å². The largest absolute Gasteiger partial charge is 0.481 e. The molecule has 4 nitrogen and oxygen atoms in total. The van der Waals surface area contributed by atoms with E-state index >= 15 is 0 Å². The summed E-state index contributed by atoms with van der Waals surface area (Å²) < 4.78 is 5.64. The van der Waals surface area contributed by atoms with E-state index in [0.29, 0.717) is 5.75 Å². The molecule has 0 spiro atoms. The van der Waals surface area contributed by atoms with E-state index in [4.69, 9.17) is 4.74 Å². The second-order valence-corrected chi connectivity index (χ2v) is 5.00. The lowest BCUT2D eigenvalue weighted by molar-refractivity contribution is -0.122. The van der Waals surface area contributed by atoms with Crippen molar-refractivity contribution in [1.29, 1.82) is 0 Å². The molecule has 1 amide bonds. The number of carbonyl (C=O) groups excluding carboxylic acids is 1. The second-order valence-electron chi connectivity index (χ2n) is 5.00. The van der Waals surface area contributed by atoms with E-state index in [0.717, 1.165) is 24.3 Å². The van der Waals surface area contributed by atoms with Crippen LogP contribution in [0.5, 0.6) is 5.75 Å². The van der Waals surface area contributed by atoms with Crippen LogP contribution in [-0.2, 0) is 11.3 Å². The summed E-state index contributed by atoms with van der Waals surface area (Å²) in [5.74, 6) is 0.527. The predicted octanol–water partition coefficient (Wildman–Crippen LogP) is 3.20. The highest BCUT2D eigenvalue weighted by Gasteiger charge is 2.15. The Balaban J connectivity index is 1.99. The molecule has 0 radical (unpaired) electrons. The maximum atomic E-state index is 12.3. The van der Waals surface area contributed by atoms with Gasteiger partial charge in [-0.05, 0) is 37.2 Å². The summed E-state index contributed by atoms with van der Waals surface area (Å²) >= 11 is 0. The number of amides is 1. The molecule has 0 heterocycles. The lowest BCUT2D eigenvalue weighted by atomic mass is 10.1. The average molecular weight is 298 g/mol. The van der Waals surface area contributed by atoms with Gasteiger partial charge in [0.15, 0.2) is 6.10 Å². The van der Waals surface area contributed by atoms with Gasteiger partial charge in [0.25, 0.3) is 5.91 Å². The van der Waals surface area contributed by atoms with Gasteiger partial charge in [0, 0.05) is 12.2 Å². The first-order chi connectivity index (χ1) is 10.7. The minimum Gasteiger partial charge on any atom is -0.481 e. The first kappa shape index (κ1) is 16.0. The molecule has 0 aliphatic rings. The first-order valence-corrected chi connectivity index (χ1v) is 7.52. The molecule has 0 saturated carbocycles. The highest BCUT2D eigenvalue weighted by molar-refractivity contribution is 5.94. The summed E-state index contributed by atoms with van der Waals surface area (Å²) in [7, 11) is 0. The van der Waals surface area contributed by atoms with Crippen LogP contribution < -0.4 is 15.4 Å². The fourth-order valence-corrected chi connectivity index (χ4v) is 2.05. The van der Waals surface area contributed by atoms with Gasteiger partial charge in [-0.2, -0.15) is 0 Å². The minimum atomic E-state index is -0.561. The Morgan fingerprint density at radius 3 is 2.50 bits per heavy atom. The molecule has 2 rings (SSSR count). The van der Waals surface area contributed by atoms with Gasteiger partial charge in [-0.25, -0.2) is 0 Å². The van der Waals surface area contributed by atoms with E-state index in [9.17, 15) is 4.79 Å². The lowest BCUT2D eigenvalue weighted by Gasteiger charge is -2.16. The second kappa shape index (κ2) is 8.20. The number of hydrogen-bond donors (Lipinski definition) is 2. The fraction of sp³-hybridized carbons (Fsp3) is 0.278. The first-order valence-electron chi connectivity index (χ1n) is 7.52. The number of benzene rings is 2. The van der Waals surface area contributed by atoms with Gasteiger partial charge in [0.1, 0.15) is 5.75 Å². The summed E-state index contributed by atoms with van der Waals surface area (Å²) in [5, 5.41) is 6.20. The van der Waals surface area contributed by atoms with Crippen LogP contribution in [0, 0.1) is 0 Å². The SMILES string of the molecule is CCNCc1ccccc1NC(=O)C(C)Oc1ccccc1. The molecule has 116 valence electrons. The maximum absolute atomic E-state index is 12.3. The molecule has 0 fully saturated rings. The number of para-hydroxylation sites is 2. The van der Waals surface area contributed by atoms with Crippen LogP contribution in [0.3, 0.4) is 0 Å². The Kier molecular flexibility index (Phi) is 5.98. The van der Waals surface area contributed by atoms with Gasteiger partial charge in [-0.3, -0.25) is 4.79 Å². The van der Waals surface area contributed by atoms with Crippen LogP contribution in [0.4, 0.5) is 5.69 Å². The predicted molar refractivity (Wildman–Crippen MR) is 89.0 cm³/mol. The normalized spacial score (nSPS) is 11.7. The van der Waals surface area contributed by atoms with Crippen molar-refractivity contribution in [2.45, 2.75) is 26.5 Å². The maximum Gasteiger partial charge on any atom is 0.265 e. The summed E-state index contributed by atoms with van der Waals surface area (Å²) in [5.41, 5.74) is 1.88. The Labute approximate surface area is 131 Å². The summed E-state index contributed by atoms with van der Waals surface area (Å²) in [6.07, 6.45) is -0.561. The standard InChI is InChI=1S/C18H22N2O2/c1-3-19-13-15-9-7-8-12-17(15)20-18(21)14(2)22-16-10-5-4-6-11-16/h4-12,14,19H,3,13H2,1-2H3,(H,20,21). The van der Waals surface area contributed by atoms with Crippen LogP contribution in [-0.4, -0.2) is 18.6 Å². The molecule has 1 atom stereocenters. The number of carbonyl (C=O) groups is 1. The van der Waals surface area contributed by atoms with Crippen molar-refractivity contribution in [2.24, 2.45) is 0 Å². The van der Waals surface area contributed by atoms with Crippen LogP contribution in [0.25, 0.3) is 0 Å². The summed E-state index contributed by atoms with van der Waals surface area (Å²) in [4.78, 5) is 12.3. The van der Waals surface area contributed by atoms with Gasteiger partial charge >= 0.3 is 0 Å². The molecule has 0 bridgehead atoms. The Morgan fingerprint density at radius 2 is 1.77 bits per heavy atom. The molecule has 0 saturated heterocycles. The summed E-state index contributed by atoms with van der Waals surface area (Å²) in [6.45, 7) is 5.41. The number of nitrogens with one attached hydrogen (secondary N) is 2. The Hall–Kier alpha value is -2.33. The zero-order chi connectivity index (χ0) is 15.8. The van der Waals surface area contributed by atoms with Gasteiger partial charge in [-0.15, -0.1) is 0 Å². The van der Waals surface area contributed by atoms with Crippen molar-refractivity contribution in [2.75, 3.05) is 11.9 Å². The molecule has 2 aromatic carbocycles. The molecule has 2 N–H and O–H groups in total. The van der Waals surface area contributed by atoms with Crippen LogP contribution in [0.1, 0.15) is 19.4 Å². The number of ether oxygens (including phenoxy) is 1. The summed E-state index contributed by atoms with van der Waals surface area (Å²) in [6, 6.07) is 17.1. The van der Waals surface area contributed by atoms with Crippen molar-refractivity contribution >= 4 is 11.6 Å². The van der Waals surface area contributed by atoms with Crippen molar-refractivity contribution in [1.82, 2.24) is 5.32 Å². The number of hydrogen-bond acceptors (Lipinski definition) is 3. The van der Waals surface area contributed by atoms with Gasteiger partial charge in [0.05, 0.1) is 0 Å². The van der Waals surface area contributed by atoms with E-state index < -0.39 is 6.10 Å². The molecular formula is C18H22N2O2. The Morgan fingerprint density at radius 1 is 1.09 bits per heavy atom. The van der Waals surface area contributed by atoms with Gasteiger partial charge in [0.2, 0.25) is 0 Å². The monoisotopic (exact) mass is 298 g/mol. The third-order valence-electron chi connectivity index (χ3n) is 3.27. The van der Waals surface area contributed by atoms with Crippen molar-refractivity contribution < 1.29 is 9.53 Å². The topological polar surface area (TPSA) is 50.4 Å². The smallest absolute Gasteiger partial charge is 0.265 e. The van der Waals surface area contributed by atoms with Crippen LogP contribution in [0.15, 0.2) is 54.6 Å². The Bertz CT molecular complexity index is 599. The van der Waals surface area contributed by atoms with Crippen molar-refractivity contribution in [3.8, 4) is 5.75 Å². The van der Waals surface area contributed by atoms with Crippen molar-refractivity contribution in [3.05, 3.63) is 60.2 Å². The van der Waals surface area contributed by atoms with E-state index in [2.05, 4.69) is 17.6 Å². The average Bonchev–Trinajstić information content (AvgIpc) is 2.55. The lowest BCUT2D eigenvalue weighted by Crippen LogP contribution is -2.30. The molecule has 4 heteroatoms. The molecular weight excluding hydrogens is 276 g/mol. The highest BCUT2D eigenvalue weighted by Crippen LogP contribution is 2.16. The molecule has 0 aliphatic carbocycles. The fourth-order valence-electron chi connectivity index (χ4n) is 2.05. The molecule has 22 heavy (non-hydrogen) atoms. The van der Waals surface area contributed by atoms with Crippen LogP contribution >= 0.6 is 0 Å². The zero-order valence-electron chi connectivity index (χ0n) is 13.0. The third-order valence-corrected chi connectivity index (χ3v) is 3.27. The highest BCUT2D eigenvalue weighted by atomic mass is 16.5. The number of anilines is 1. The quantitative estimate of drug-likeness (QED) is 0.825. The van der Waals surface area contributed by atoms with Crippen LogP contribution in [0.2, 0.25) is 0 Å².